The molecule has 194 valence electrons. The first kappa shape index (κ1) is 22.0. The van der Waals surface area contributed by atoms with Crippen LogP contribution in [-0.4, -0.2) is 19.1 Å². The predicted octanol–water partition coefficient (Wildman–Crippen LogP) is 9.47. The molecule has 0 fully saturated rings. The summed E-state index contributed by atoms with van der Waals surface area (Å²) < 4.78 is 4.70. The van der Waals surface area contributed by atoms with Crippen molar-refractivity contribution in [1.29, 1.82) is 0 Å². The third-order valence-corrected chi connectivity index (χ3v) is 8.89. The second-order valence-electron chi connectivity index (χ2n) is 11.1. The number of para-hydroxylation sites is 3. The summed E-state index contributed by atoms with van der Waals surface area (Å²) in [7, 11) is 0. The van der Waals surface area contributed by atoms with Crippen molar-refractivity contribution in [3.63, 3.8) is 0 Å². The van der Waals surface area contributed by atoms with Gasteiger partial charge in [-0.2, -0.15) is 0 Å². The summed E-state index contributed by atoms with van der Waals surface area (Å²) in [6.45, 7) is 0. The van der Waals surface area contributed by atoms with Crippen molar-refractivity contribution >= 4 is 54.4 Å². The van der Waals surface area contributed by atoms with E-state index in [1.54, 1.807) is 0 Å². The van der Waals surface area contributed by atoms with Gasteiger partial charge in [-0.3, -0.25) is 9.55 Å². The van der Waals surface area contributed by atoms with Gasteiger partial charge in [-0.1, -0.05) is 72.8 Å². The quantitative estimate of drug-likeness (QED) is 0.221. The number of rotatable bonds is 2. The fourth-order valence-electron chi connectivity index (χ4n) is 7.16. The van der Waals surface area contributed by atoms with Crippen LogP contribution in [-0.2, 0) is 0 Å². The minimum Gasteiger partial charge on any atom is -0.309 e. The normalized spacial score (nSPS) is 12.3. The molecule has 0 unspecified atom stereocenters. The van der Waals surface area contributed by atoms with Crippen LogP contribution in [0.5, 0.6) is 0 Å². The van der Waals surface area contributed by atoms with E-state index >= 15 is 0 Å². The number of fused-ring (bicyclic) bond motifs is 9. The van der Waals surface area contributed by atoms with E-state index in [1.807, 2.05) is 12.3 Å². The minimum absolute atomic E-state index is 0.919. The van der Waals surface area contributed by atoms with E-state index in [4.69, 9.17) is 9.97 Å². The summed E-state index contributed by atoms with van der Waals surface area (Å²) in [4.78, 5) is 10.0. The lowest BCUT2D eigenvalue weighted by molar-refractivity contribution is 1.09. The van der Waals surface area contributed by atoms with E-state index in [2.05, 4.69) is 130 Å². The van der Waals surface area contributed by atoms with Crippen LogP contribution >= 0.6 is 0 Å². The molecule has 42 heavy (non-hydrogen) atoms. The second-order valence-corrected chi connectivity index (χ2v) is 11.1. The monoisotopic (exact) mass is 534 g/mol. The molecule has 5 aromatic carbocycles. The van der Waals surface area contributed by atoms with Crippen LogP contribution in [0.4, 0.5) is 0 Å². The SMILES string of the molecule is c1cnc2c(c1)-c1nc(-n3c4ccccc4c4cc(-n5c6ccccc6c6ccccc65)ccc43)cc3cccc-2c13. The molecule has 0 radical (unpaired) electrons. The Morgan fingerprint density at radius 1 is 0.452 bits per heavy atom. The maximum Gasteiger partial charge on any atom is 0.138 e. The molecule has 0 spiro atoms. The van der Waals surface area contributed by atoms with Crippen molar-refractivity contribution in [3.8, 4) is 34.0 Å². The fraction of sp³-hybridized carbons (Fsp3) is 0. The highest BCUT2D eigenvalue weighted by Gasteiger charge is 2.25. The largest absolute Gasteiger partial charge is 0.309 e. The molecule has 0 saturated carbocycles. The number of pyridine rings is 2. The van der Waals surface area contributed by atoms with Crippen LogP contribution in [0, 0.1) is 0 Å². The molecule has 9 aromatic rings. The lowest BCUT2D eigenvalue weighted by atomic mass is 10.1. The number of nitrogens with zero attached hydrogens (tertiary/aromatic N) is 4. The highest BCUT2D eigenvalue weighted by atomic mass is 15.1. The Balaban J connectivity index is 1.27. The first-order chi connectivity index (χ1) is 20.8. The van der Waals surface area contributed by atoms with Crippen LogP contribution in [0.2, 0.25) is 0 Å². The van der Waals surface area contributed by atoms with Gasteiger partial charge in [-0.25, -0.2) is 4.98 Å². The van der Waals surface area contributed by atoms with Gasteiger partial charge in [0.05, 0.1) is 33.5 Å². The first-order valence-corrected chi connectivity index (χ1v) is 14.3. The Labute approximate surface area is 240 Å². The molecular formula is C38H22N4. The molecule has 4 aromatic heterocycles. The van der Waals surface area contributed by atoms with E-state index in [0.717, 1.165) is 45.1 Å². The lowest BCUT2D eigenvalue weighted by Gasteiger charge is -2.11. The van der Waals surface area contributed by atoms with E-state index in [1.165, 1.54) is 43.4 Å². The number of benzene rings is 5. The highest BCUT2D eigenvalue weighted by molar-refractivity contribution is 6.15. The van der Waals surface area contributed by atoms with Crippen molar-refractivity contribution in [1.82, 2.24) is 19.1 Å². The zero-order valence-corrected chi connectivity index (χ0v) is 22.5. The van der Waals surface area contributed by atoms with Gasteiger partial charge in [-0.05, 0) is 60.0 Å². The van der Waals surface area contributed by atoms with E-state index < -0.39 is 0 Å². The average Bonchev–Trinajstić information content (AvgIpc) is 3.68. The van der Waals surface area contributed by atoms with Gasteiger partial charge in [0.1, 0.15) is 5.82 Å². The van der Waals surface area contributed by atoms with Crippen LogP contribution in [0.3, 0.4) is 0 Å². The Hall–Kier alpha value is -5.74. The first-order valence-electron chi connectivity index (χ1n) is 14.3. The molecule has 4 heterocycles. The third-order valence-electron chi connectivity index (χ3n) is 8.89. The smallest absolute Gasteiger partial charge is 0.138 e. The molecule has 4 heteroatoms. The highest BCUT2D eigenvalue weighted by Crippen LogP contribution is 2.46. The Bertz CT molecular complexity index is 2530. The lowest BCUT2D eigenvalue weighted by Crippen LogP contribution is -1.99. The molecular weight excluding hydrogens is 512 g/mol. The minimum atomic E-state index is 0.919. The number of aromatic nitrogens is 4. The Morgan fingerprint density at radius 2 is 1.10 bits per heavy atom. The van der Waals surface area contributed by atoms with Crippen LogP contribution in [0.15, 0.2) is 134 Å². The number of hydrogen-bond acceptors (Lipinski definition) is 2. The predicted molar refractivity (Wildman–Crippen MR) is 173 cm³/mol. The van der Waals surface area contributed by atoms with E-state index in [9.17, 15) is 0 Å². The van der Waals surface area contributed by atoms with Crippen LogP contribution in [0.1, 0.15) is 0 Å². The van der Waals surface area contributed by atoms with Gasteiger partial charge < -0.3 is 4.57 Å². The summed E-state index contributed by atoms with van der Waals surface area (Å²) in [6, 6.07) is 45.7. The van der Waals surface area contributed by atoms with Gasteiger partial charge in [0.25, 0.3) is 0 Å². The Kier molecular flexibility index (Phi) is 4.15. The van der Waals surface area contributed by atoms with E-state index in [0.29, 0.717) is 0 Å². The molecule has 10 rings (SSSR count). The van der Waals surface area contributed by atoms with Crippen molar-refractivity contribution in [2.75, 3.05) is 0 Å². The molecule has 4 nitrogen and oxygen atoms in total. The van der Waals surface area contributed by atoms with Crippen molar-refractivity contribution in [2.45, 2.75) is 0 Å². The van der Waals surface area contributed by atoms with Crippen molar-refractivity contribution < 1.29 is 0 Å². The zero-order valence-electron chi connectivity index (χ0n) is 22.5. The van der Waals surface area contributed by atoms with Crippen molar-refractivity contribution in [2.24, 2.45) is 0 Å². The van der Waals surface area contributed by atoms with Gasteiger partial charge in [0.2, 0.25) is 0 Å². The summed E-state index contributed by atoms with van der Waals surface area (Å²) in [5, 5.41) is 7.32. The topological polar surface area (TPSA) is 35.6 Å². The summed E-state index contributed by atoms with van der Waals surface area (Å²) in [6.07, 6.45) is 1.87. The molecule has 0 atom stereocenters. The van der Waals surface area contributed by atoms with Gasteiger partial charge in [-0.15, -0.1) is 0 Å². The molecule has 1 aliphatic rings. The van der Waals surface area contributed by atoms with Crippen molar-refractivity contribution in [3.05, 3.63) is 134 Å². The zero-order chi connectivity index (χ0) is 27.4. The van der Waals surface area contributed by atoms with Gasteiger partial charge in [0.15, 0.2) is 0 Å². The fourth-order valence-corrected chi connectivity index (χ4v) is 7.16. The van der Waals surface area contributed by atoms with Gasteiger partial charge >= 0.3 is 0 Å². The maximum absolute atomic E-state index is 5.33. The standard InChI is InChI=1S/C38H22N4/c1-4-15-31-25(10-1)26-11-2-5-16-32(26)41(31)24-18-19-34-30(22-24)27-12-3-6-17-33(27)42(34)35-21-23-9-7-13-28-36(23)38(40-35)29-14-8-20-39-37(28)29/h1-22H. The van der Waals surface area contributed by atoms with Crippen LogP contribution in [0.25, 0.3) is 88.4 Å². The van der Waals surface area contributed by atoms with Gasteiger partial charge in [0, 0.05) is 49.9 Å². The van der Waals surface area contributed by atoms with Crippen LogP contribution < -0.4 is 0 Å². The number of hydrogen-bond donors (Lipinski definition) is 0. The molecule has 0 aliphatic heterocycles. The Morgan fingerprint density at radius 3 is 1.86 bits per heavy atom. The molecule has 0 bridgehead atoms. The summed E-state index contributed by atoms with van der Waals surface area (Å²) in [5.41, 5.74) is 10.1. The summed E-state index contributed by atoms with van der Waals surface area (Å²) in [5.74, 6) is 0.919. The average molecular weight is 535 g/mol. The van der Waals surface area contributed by atoms with E-state index in [-0.39, 0.29) is 0 Å². The molecule has 0 amide bonds. The molecule has 1 aliphatic carbocycles. The third kappa shape index (κ3) is 2.76. The molecule has 0 saturated heterocycles. The summed E-state index contributed by atoms with van der Waals surface area (Å²) >= 11 is 0. The maximum atomic E-state index is 5.33. The second kappa shape index (κ2) is 7.93. The molecule has 0 N–H and O–H groups in total.